The molecule has 1 aromatic rings. The molecule has 0 spiro atoms. The van der Waals surface area contributed by atoms with Gasteiger partial charge in [0.15, 0.2) is 0 Å². The van der Waals surface area contributed by atoms with Crippen LogP contribution in [0.3, 0.4) is 0 Å². The zero-order valence-corrected chi connectivity index (χ0v) is 12.9. The minimum absolute atomic E-state index is 0.155. The van der Waals surface area contributed by atoms with Crippen LogP contribution in [0.25, 0.3) is 0 Å². The summed E-state index contributed by atoms with van der Waals surface area (Å²) in [7, 11) is -3.92. The summed E-state index contributed by atoms with van der Waals surface area (Å²) in [6.45, 7) is 0.197. The van der Waals surface area contributed by atoms with Crippen LogP contribution in [-0.4, -0.2) is 41.4 Å². The third kappa shape index (κ3) is 3.47. The number of pyridine rings is 1. The van der Waals surface area contributed by atoms with Crippen molar-refractivity contribution < 1.29 is 18.3 Å². The first kappa shape index (κ1) is 15.2. The predicted octanol–water partition coefficient (Wildman–Crippen LogP) is 1.44. The maximum absolute atomic E-state index is 12.3. The molecule has 0 bridgehead atoms. The molecule has 1 saturated heterocycles. The molecule has 1 aromatic heterocycles. The van der Waals surface area contributed by atoms with Crippen LogP contribution in [0.1, 0.15) is 19.3 Å². The van der Waals surface area contributed by atoms with E-state index in [1.54, 1.807) is 6.07 Å². The first-order valence-corrected chi connectivity index (χ1v) is 8.27. The molecular formula is C11H14BrN3O4S. The van der Waals surface area contributed by atoms with Crippen LogP contribution >= 0.6 is 15.9 Å². The normalized spacial score (nSPS) is 20.6. The number of aliphatic carboxylic acids is 1. The molecule has 110 valence electrons. The first-order chi connectivity index (χ1) is 9.40. The van der Waals surface area contributed by atoms with E-state index >= 15 is 0 Å². The van der Waals surface area contributed by atoms with Gasteiger partial charge in [-0.1, -0.05) is 0 Å². The predicted molar refractivity (Wildman–Crippen MR) is 76.5 cm³/mol. The van der Waals surface area contributed by atoms with Crippen molar-refractivity contribution in [1.82, 2.24) is 9.29 Å². The van der Waals surface area contributed by atoms with Crippen LogP contribution in [0, 0.1) is 0 Å². The number of carboxylic acids is 1. The number of nitrogens with one attached hydrogen (secondary N) is 1. The fraction of sp³-hybridized carbons (Fsp3) is 0.455. The topological polar surface area (TPSA) is 99.6 Å². The Bertz CT molecular complexity index is 590. The minimum Gasteiger partial charge on any atom is -0.480 e. The van der Waals surface area contributed by atoms with Crippen molar-refractivity contribution in [2.24, 2.45) is 0 Å². The third-order valence-corrected chi connectivity index (χ3v) is 5.00. The van der Waals surface area contributed by atoms with Crippen molar-refractivity contribution in [2.75, 3.05) is 11.3 Å². The lowest BCUT2D eigenvalue weighted by molar-refractivity contribution is -0.142. The Kier molecular flexibility index (Phi) is 4.61. The molecule has 9 heteroatoms. The van der Waals surface area contributed by atoms with E-state index in [0.29, 0.717) is 19.3 Å². The summed E-state index contributed by atoms with van der Waals surface area (Å²) in [6.07, 6.45) is 3.14. The van der Waals surface area contributed by atoms with Gasteiger partial charge in [0.2, 0.25) is 0 Å². The van der Waals surface area contributed by atoms with E-state index in [1.165, 1.54) is 12.3 Å². The Balaban J connectivity index is 2.20. The Morgan fingerprint density at radius 1 is 1.45 bits per heavy atom. The maximum atomic E-state index is 12.3. The number of piperidine rings is 1. The second-order valence-electron chi connectivity index (χ2n) is 4.43. The molecule has 1 aliphatic rings. The van der Waals surface area contributed by atoms with Gasteiger partial charge in [-0.3, -0.25) is 9.52 Å². The lowest BCUT2D eigenvalue weighted by Gasteiger charge is -2.31. The molecule has 1 aliphatic heterocycles. The highest BCUT2D eigenvalue weighted by Crippen LogP contribution is 2.22. The Morgan fingerprint density at radius 2 is 2.20 bits per heavy atom. The monoisotopic (exact) mass is 363 g/mol. The summed E-state index contributed by atoms with van der Waals surface area (Å²) in [6, 6.07) is 2.13. The van der Waals surface area contributed by atoms with Crippen LogP contribution in [0.15, 0.2) is 22.8 Å². The standard InChI is InChI=1S/C11H14BrN3O4S/c12-8-4-5-10(13-7-8)14-20(18,19)15-6-2-1-3-9(15)11(16)17/h4-5,7,9H,1-3,6H2,(H,13,14)(H,16,17). The summed E-state index contributed by atoms with van der Waals surface area (Å²) >= 11 is 3.20. The molecule has 0 saturated carbocycles. The van der Waals surface area contributed by atoms with Crippen molar-refractivity contribution in [1.29, 1.82) is 0 Å². The molecular weight excluding hydrogens is 350 g/mol. The molecule has 0 radical (unpaired) electrons. The van der Waals surface area contributed by atoms with E-state index in [4.69, 9.17) is 5.11 Å². The quantitative estimate of drug-likeness (QED) is 0.842. The van der Waals surface area contributed by atoms with Gasteiger partial charge in [0, 0.05) is 17.2 Å². The average molecular weight is 364 g/mol. The fourth-order valence-corrected chi connectivity index (χ4v) is 3.70. The van der Waals surface area contributed by atoms with Crippen molar-refractivity contribution in [3.8, 4) is 0 Å². The average Bonchev–Trinajstić information content (AvgIpc) is 2.41. The zero-order valence-electron chi connectivity index (χ0n) is 10.5. The highest BCUT2D eigenvalue weighted by molar-refractivity contribution is 9.10. The summed E-state index contributed by atoms with van der Waals surface area (Å²) in [5.74, 6) is -0.971. The van der Waals surface area contributed by atoms with Crippen molar-refractivity contribution in [2.45, 2.75) is 25.3 Å². The van der Waals surface area contributed by atoms with E-state index in [2.05, 4.69) is 25.6 Å². The Hall–Kier alpha value is -1.19. The van der Waals surface area contributed by atoms with Gasteiger partial charge in [-0.25, -0.2) is 4.98 Å². The number of hydrogen-bond acceptors (Lipinski definition) is 4. The molecule has 0 aromatic carbocycles. The fourth-order valence-electron chi connectivity index (χ4n) is 2.07. The SMILES string of the molecule is O=C(O)C1CCCCN1S(=O)(=O)Nc1ccc(Br)cn1. The second kappa shape index (κ2) is 6.06. The number of anilines is 1. The summed E-state index contributed by atoms with van der Waals surface area (Å²) in [5, 5.41) is 9.12. The number of halogens is 1. The van der Waals surface area contributed by atoms with Gasteiger partial charge in [0.05, 0.1) is 0 Å². The lowest BCUT2D eigenvalue weighted by atomic mass is 10.1. The van der Waals surface area contributed by atoms with E-state index in [1.807, 2.05) is 0 Å². The van der Waals surface area contributed by atoms with E-state index in [9.17, 15) is 13.2 Å². The Morgan fingerprint density at radius 3 is 2.80 bits per heavy atom. The third-order valence-electron chi connectivity index (χ3n) is 3.01. The largest absolute Gasteiger partial charge is 0.480 e. The number of rotatable bonds is 4. The number of carbonyl (C=O) groups is 1. The molecule has 1 fully saturated rings. The number of nitrogens with zero attached hydrogens (tertiary/aromatic N) is 2. The molecule has 2 heterocycles. The van der Waals surface area contributed by atoms with E-state index < -0.39 is 22.2 Å². The number of hydrogen-bond donors (Lipinski definition) is 2. The first-order valence-electron chi connectivity index (χ1n) is 6.04. The lowest BCUT2D eigenvalue weighted by Crippen LogP contribution is -2.50. The maximum Gasteiger partial charge on any atom is 0.322 e. The van der Waals surface area contributed by atoms with Gasteiger partial charge in [-0.2, -0.15) is 12.7 Å². The summed E-state index contributed by atoms with van der Waals surface area (Å²) in [4.78, 5) is 15.1. The van der Waals surface area contributed by atoms with Crippen LogP contribution in [0.5, 0.6) is 0 Å². The molecule has 2 rings (SSSR count). The second-order valence-corrected chi connectivity index (χ2v) is 6.97. The van der Waals surface area contributed by atoms with Crippen LogP contribution in [-0.2, 0) is 15.0 Å². The number of aromatic nitrogens is 1. The van der Waals surface area contributed by atoms with Gasteiger partial charge in [0.25, 0.3) is 0 Å². The minimum atomic E-state index is -3.92. The van der Waals surface area contributed by atoms with Crippen LogP contribution < -0.4 is 4.72 Å². The molecule has 1 unspecified atom stereocenters. The number of carboxylic acid groups (broad SMARTS) is 1. The summed E-state index contributed by atoms with van der Waals surface area (Å²) in [5.41, 5.74) is 0. The molecule has 0 aliphatic carbocycles. The van der Waals surface area contributed by atoms with Crippen molar-refractivity contribution in [3.05, 3.63) is 22.8 Å². The van der Waals surface area contributed by atoms with Crippen molar-refractivity contribution >= 4 is 37.9 Å². The van der Waals surface area contributed by atoms with Crippen LogP contribution in [0.4, 0.5) is 5.82 Å². The van der Waals surface area contributed by atoms with Crippen LogP contribution in [0.2, 0.25) is 0 Å². The summed E-state index contributed by atoms with van der Waals surface area (Å²) < 4.78 is 28.5. The van der Waals surface area contributed by atoms with Gasteiger partial charge < -0.3 is 5.11 Å². The highest BCUT2D eigenvalue weighted by atomic mass is 79.9. The van der Waals surface area contributed by atoms with E-state index in [0.717, 1.165) is 8.78 Å². The molecule has 20 heavy (non-hydrogen) atoms. The molecule has 0 amide bonds. The van der Waals surface area contributed by atoms with Crippen molar-refractivity contribution in [3.63, 3.8) is 0 Å². The zero-order chi connectivity index (χ0) is 14.8. The Labute approximate surface area is 125 Å². The molecule has 7 nitrogen and oxygen atoms in total. The van der Waals surface area contributed by atoms with Gasteiger partial charge in [-0.15, -0.1) is 0 Å². The molecule has 2 N–H and O–H groups in total. The van der Waals surface area contributed by atoms with Gasteiger partial charge in [0.1, 0.15) is 11.9 Å². The highest BCUT2D eigenvalue weighted by Gasteiger charge is 2.36. The van der Waals surface area contributed by atoms with E-state index in [-0.39, 0.29) is 12.4 Å². The van der Waals surface area contributed by atoms with Gasteiger partial charge in [-0.05, 0) is 47.3 Å². The van der Waals surface area contributed by atoms with Gasteiger partial charge >= 0.3 is 16.2 Å². The molecule has 1 atom stereocenters. The smallest absolute Gasteiger partial charge is 0.322 e.